The maximum atomic E-state index is 12.5. The summed E-state index contributed by atoms with van der Waals surface area (Å²) in [6.07, 6.45) is 1.50. The van der Waals surface area contributed by atoms with Gasteiger partial charge in [-0.25, -0.2) is 9.97 Å². The lowest BCUT2D eigenvalue weighted by atomic mass is 10.0. The molecule has 9 nitrogen and oxygen atoms in total. The fraction of sp³-hybridized carbons (Fsp3) is 0.200. The Morgan fingerprint density at radius 3 is 2.53 bits per heavy atom. The van der Waals surface area contributed by atoms with Crippen LogP contribution in [0, 0.1) is 6.92 Å². The van der Waals surface area contributed by atoms with E-state index in [4.69, 9.17) is 26.7 Å². The number of carbonyl (C=O) groups excluding carboxylic acids is 2. The van der Waals surface area contributed by atoms with Gasteiger partial charge in [0, 0.05) is 31.7 Å². The number of nitrogens with zero attached hydrogens (tertiary/aromatic N) is 4. The van der Waals surface area contributed by atoms with Gasteiger partial charge in [-0.15, -0.1) is 0 Å². The SMILES string of the molecule is Cc1cccc(Cl)c1-c1nc(Nc2cccc(N3CCN(C(=O)c4ccco4)CC3)n2)sc1C(N)=O. The van der Waals surface area contributed by atoms with E-state index >= 15 is 0 Å². The number of rotatable bonds is 6. The van der Waals surface area contributed by atoms with E-state index in [1.165, 1.54) is 6.26 Å². The summed E-state index contributed by atoms with van der Waals surface area (Å²) in [7, 11) is 0. The Labute approximate surface area is 216 Å². The van der Waals surface area contributed by atoms with Crippen molar-refractivity contribution < 1.29 is 14.0 Å². The Balaban J connectivity index is 1.32. The van der Waals surface area contributed by atoms with Gasteiger partial charge >= 0.3 is 0 Å². The van der Waals surface area contributed by atoms with Crippen molar-refractivity contribution in [3.63, 3.8) is 0 Å². The number of piperazine rings is 1. The molecule has 4 aromatic rings. The number of anilines is 3. The van der Waals surface area contributed by atoms with Crippen LogP contribution in [0.15, 0.2) is 59.2 Å². The molecule has 1 saturated heterocycles. The molecule has 1 aliphatic rings. The van der Waals surface area contributed by atoms with Crippen LogP contribution in [0.3, 0.4) is 0 Å². The van der Waals surface area contributed by atoms with Crippen LogP contribution in [0.25, 0.3) is 11.3 Å². The molecule has 0 saturated carbocycles. The Hall–Kier alpha value is -3.89. The number of hydrogen-bond acceptors (Lipinski definition) is 8. The molecule has 2 amide bonds. The number of amides is 2. The second kappa shape index (κ2) is 10.00. The quantitative estimate of drug-likeness (QED) is 0.381. The fourth-order valence-electron chi connectivity index (χ4n) is 4.12. The van der Waals surface area contributed by atoms with Gasteiger partial charge in [0.15, 0.2) is 10.9 Å². The van der Waals surface area contributed by atoms with Crippen molar-refractivity contribution in [2.45, 2.75) is 6.92 Å². The smallest absolute Gasteiger partial charge is 0.289 e. The van der Waals surface area contributed by atoms with Crippen molar-refractivity contribution in [1.82, 2.24) is 14.9 Å². The molecule has 36 heavy (non-hydrogen) atoms. The summed E-state index contributed by atoms with van der Waals surface area (Å²) < 4.78 is 5.23. The number of primary amides is 1. The molecule has 3 N–H and O–H groups in total. The van der Waals surface area contributed by atoms with Crippen LogP contribution in [0.4, 0.5) is 16.8 Å². The Bertz CT molecular complexity index is 1390. The van der Waals surface area contributed by atoms with Gasteiger partial charge in [-0.1, -0.05) is 41.1 Å². The van der Waals surface area contributed by atoms with Crippen LogP contribution in [0.1, 0.15) is 25.8 Å². The first-order valence-corrected chi connectivity index (χ1v) is 12.5. The largest absolute Gasteiger partial charge is 0.459 e. The number of hydrogen-bond donors (Lipinski definition) is 2. The zero-order chi connectivity index (χ0) is 25.2. The van der Waals surface area contributed by atoms with Crippen molar-refractivity contribution in [3.05, 3.63) is 76.0 Å². The molecule has 0 spiro atoms. The number of furan rings is 1. The van der Waals surface area contributed by atoms with E-state index in [2.05, 4.69) is 15.2 Å². The first kappa shape index (κ1) is 23.8. The van der Waals surface area contributed by atoms with Crippen LogP contribution in [0.5, 0.6) is 0 Å². The van der Waals surface area contributed by atoms with Crippen LogP contribution in [-0.2, 0) is 0 Å². The number of aryl methyl sites for hydroxylation is 1. The van der Waals surface area contributed by atoms with E-state index in [0.717, 1.165) is 22.7 Å². The normalized spacial score (nSPS) is 13.6. The summed E-state index contributed by atoms with van der Waals surface area (Å²) in [5.74, 6) is 1.02. The molecule has 0 bridgehead atoms. The van der Waals surface area contributed by atoms with Gasteiger partial charge in [-0.3, -0.25) is 9.59 Å². The van der Waals surface area contributed by atoms with Crippen LogP contribution < -0.4 is 16.0 Å². The molecular formula is C25H23ClN6O3S. The molecule has 184 valence electrons. The van der Waals surface area contributed by atoms with Crippen LogP contribution in [-0.4, -0.2) is 52.9 Å². The zero-order valence-corrected chi connectivity index (χ0v) is 21.0. The second-order valence-electron chi connectivity index (χ2n) is 8.26. The summed E-state index contributed by atoms with van der Waals surface area (Å²) >= 11 is 7.58. The first-order chi connectivity index (χ1) is 17.4. The van der Waals surface area contributed by atoms with Crippen molar-refractivity contribution >= 4 is 51.5 Å². The summed E-state index contributed by atoms with van der Waals surface area (Å²) in [6.45, 7) is 4.32. The number of pyridine rings is 1. The number of aromatic nitrogens is 2. The standard InChI is InChI=1S/C25H23ClN6O3S/c1-15-5-2-6-16(26)20(15)21-22(23(27)33)36-25(30-21)29-18-8-3-9-19(28-18)31-10-12-32(13-11-31)24(34)17-7-4-14-35-17/h2-9,14H,10-13H2,1H3,(H2,27,33)(H,28,29,30). The highest BCUT2D eigenvalue weighted by atomic mass is 35.5. The number of nitrogens with one attached hydrogen (secondary N) is 1. The first-order valence-electron chi connectivity index (χ1n) is 11.3. The van der Waals surface area contributed by atoms with Gasteiger partial charge in [0.1, 0.15) is 16.5 Å². The maximum Gasteiger partial charge on any atom is 0.289 e. The number of thiazole rings is 1. The molecule has 1 fully saturated rings. The lowest BCUT2D eigenvalue weighted by Gasteiger charge is -2.35. The van der Waals surface area contributed by atoms with E-state index in [-0.39, 0.29) is 5.91 Å². The fourth-order valence-corrected chi connectivity index (χ4v) is 5.26. The molecule has 11 heteroatoms. The molecule has 0 unspecified atom stereocenters. The third-order valence-corrected chi connectivity index (χ3v) is 7.20. The van der Waals surface area contributed by atoms with Gasteiger partial charge in [0.2, 0.25) is 0 Å². The number of benzene rings is 1. The number of nitrogens with two attached hydrogens (primary N) is 1. The molecule has 1 aromatic carbocycles. The summed E-state index contributed by atoms with van der Waals surface area (Å²) in [4.78, 5) is 38.2. The molecule has 4 heterocycles. The van der Waals surface area contributed by atoms with Gasteiger partial charge in [-0.2, -0.15) is 0 Å². The van der Waals surface area contributed by atoms with Crippen molar-refractivity contribution in [2.75, 3.05) is 36.4 Å². The average Bonchev–Trinajstić information content (AvgIpc) is 3.55. The molecule has 0 radical (unpaired) electrons. The minimum atomic E-state index is -0.571. The molecule has 0 atom stereocenters. The Morgan fingerprint density at radius 1 is 1.06 bits per heavy atom. The Kier molecular flexibility index (Phi) is 6.62. The minimum Gasteiger partial charge on any atom is -0.459 e. The Morgan fingerprint density at radius 2 is 1.83 bits per heavy atom. The second-order valence-corrected chi connectivity index (χ2v) is 9.66. The van der Waals surface area contributed by atoms with E-state index in [0.29, 0.717) is 64.0 Å². The van der Waals surface area contributed by atoms with E-state index in [1.807, 2.05) is 37.3 Å². The van der Waals surface area contributed by atoms with Crippen molar-refractivity contribution in [3.8, 4) is 11.3 Å². The summed E-state index contributed by atoms with van der Waals surface area (Å²) in [5.41, 5.74) is 7.68. The lowest BCUT2D eigenvalue weighted by Crippen LogP contribution is -2.49. The lowest BCUT2D eigenvalue weighted by molar-refractivity contribution is 0.0714. The monoisotopic (exact) mass is 522 g/mol. The highest BCUT2D eigenvalue weighted by Crippen LogP contribution is 2.37. The zero-order valence-electron chi connectivity index (χ0n) is 19.4. The summed E-state index contributed by atoms with van der Waals surface area (Å²) in [6, 6.07) is 14.5. The topological polar surface area (TPSA) is 118 Å². The van der Waals surface area contributed by atoms with Gasteiger partial charge in [0.05, 0.1) is 17.0 Å². The van der Waals surface area contributed by atoms with Crippen molar-refractivity contribution in [2.24, 2.45) is 5.73 Å². The van der Waals surface area contributed by atoms with Gasteiger partial charge < -0.3 is 25.3 Å². The number of halogens is 1. The highest BCUT2D eigenvalue weighted by molar-refractivity contribution is 7.18. The van der Waals surface area contributed by atoms with Gasteiger partial charge in [0.25, 0.3) is 11.8 Å². The molecule has 3 aromatic heterocycles. The molecule has 1 aliphatic heterocycles. The third-order valence-electron chi connectivity index (χ3n) is 5.90. The predicted molar refractivity (Wildman–Crippen MR) is 140 cm³/mol. The minimum absolute atomic E-state index is 0.110. The average molecular weight is 523 g/mol. The predicted octanol–water partition coefficient (Wildman–Crippen LogP) is 4.56. The molecular weight excluding hydrogens is 500 g/mol. The molecule has 5 rings (SSSR count). The maximum absolute atomic E-state index is 12.5. The highest BCUT2D eigenvalue weighted by Gasteiger charge is 2.25. The van der Waals surface area contributed by atoms with E-state index < -0.39 is 5.91 Å². The van der Waals surface area contributed by atoms with E-state index in [1.54, 1.807) is 23.1 Å². The number of carbonyl (C=O) groups is 2. The molecule has 0 aliphatic carbocycles. The third kappa shape index (κ3) is 4.77. The van der Waals surface area contributed by atoms with Crippen LogP contribution in [0.2, 0.25) is 5.02 Å². The summed E-state index contributed by atoms with van der Waals surface area (Å²) in [5, 5.41) is 4.18. The van der Waals surface area contributed by atoms with E-state index in [9.17, 15) is 9.59 Å². The van der Waals surface area contributed by atoms with Crippen molar-refractivity contribution in [1.29, 1.82) is 0 Å². The van der Waals surface area contributed by atoms with Crippen LogP contribution >= 0.6 is 22.9 Å². The van der Waals surface area contributed by atoms with Gasteiger partial charge in [-0.05, 0) is 42.8 Å².